The van der Waals surface area contributed by atoms with Gasteiger partial charge in [-0.2, -0.15) is 13.2 Å². The molecule has 0 amide bonds. The van der Waals surface area contributed by atoms with Gasteiger partial charge in [-0.25, -0.2) is 13.6 Å². The lowest BCUT2D eigenvalue weighted by Crippen LogP contribution is -2.34. The number of carboxylic acid groups (broad SMARTS) is 1. The van der Waals surface area contributed by atoms with Crippen LogP contribution in [0.3, 0.4) is 0 Å². The van der Waals surface area contributed by atoms with E-state index in [-0.39, 0.29) is 5.92 Å². The van der Waals surface area contributed by atoms with Crippen molar-refractivity contribution < 1.29 is 31.5 Å². The summed E-state index contributed by atoms with van der Waals surface area (Å²) in [5, 5.41) is 15.1. The quantitative estimate of drug-likeness (QED) is 0.569. The molecule has 1 fully saturated rings. The third kappa shape index (κ3) is 12.5. The lowest BCUT2D eigenvalue weighted by atomic mass is 10.1. The molecule has 0 aromatic carbocycles. The van der Waals surface area contributed by atoms with Crippen LogP contribution in [0.4, 0.5) is 13.2 Å². The van der Waals surface area contributed by atoms with Crippen molar-refractivity contribution in [1.29, 1.82) is 0 Å². The molecule has 128 valence electrons. The molecule has 0 radical (unpaired) electrons. The molecule has 1 saturated heterocycles. The first-order valence-corrected chi connectivity index (χ1v) is 7.63. The fourth-order valence-corrected chi connectivity index (χ4v) is 0.910. The number of halogens is 3. The van der Waals surface area contributed by atoms with Crippen molar-refractivity contribution in [3.8, 4) is 0 Å². The van der Waals surface area contributed by atoms with Crippen LogP contribution in [0.25, 0.3) is 0 Å². The molecule has 0 spiro atoms. The average Bonchev–Trinajstić information content (AvgIpc) is 2.84. The van der Waals surface area contributed by atoms with Crippen molar-refractivity contribution in [2.24, 2.45) is 16.8 Å². The smallest absolute Gasteiger partial charge is 0.480 e. The van der Waals surface area contributed by atoms with Gasteiger partial charge in [0.15, 0.2) is 0 Å². The minimum absolute atomic E-state index is 0.0208. The standard InChI is InChI=1S/C5H11NO2.C4H9N.CH2F3NO2S/c1-3(2)4(6)5(7)8;1-2-4-5-3-1;2-1(3,4)8(5,6)7/h3-4H,6H2,1-2H3,(H,7,8);5H,1-4H2;(H2,5,6,7)/t4-;;/m0../s1. The summed E-state index contributed by atoms with van der Waals surface area (Å²) in [4.78, 5) is 10.0. The summed E-state index contributed by atoms with van der Waals surface area (Å²) in [6.07, 6.45) is 2.78. The molecular formula is C10H22F3N3O4S. The Morgan fingerprint density at radius 2 is 1.57 bits per heavy atom. The van der Waals surface area contributed by atoms with E-state index < -0.39 is 27.5 Å². The SMILES string of the molecule is C1CCNC1.CC(C)[C@H](N)C(=O)O.NS(=O)(=O)C(F)(F)F. The summed E-state index contributed by atoms with van der Waals surface area (Å²) in [6.45, 7) is 6.05. The molecule has 1 atom stereocenters. The summed E-state index contributed by atoms with van der Waals surface area (Å²) in [5.74, 6) is -0.910. The van der Waals surface area contributed by atoms with Crippen molar-refractivity contribution in [2.75, 3.05) is 13.1 Å². The Bertz CT molecular complexity index is 387. The number of sulfonamides is 1. The van der Waals surface area contributed by atoms with Gasteiger partial charge < -0.3 is 16.2 Å². The molecule has 0 saturated carbocycles. The summed E-state index contributed by atoms with van der Waals surface area (Å²) in [7, 11) is -5.34. The normalized spacial score (nSPS) is 16.4. The van der Waals surface area contributed by atoms with Crippen LogP contribution in [-0.2, 0) is 14.8 Å². The first-order valence-electron chi connectivity index (χ1n) is 6.08. The maximum atomic E-state index is 10.8. The number of nitrogens with one attached hydrogen (secondary N) is 1. The van der Waals surface area contributed by atoms with E-state index in [9.17, 15) is 26.4 Å². The zero-order valence-corrected chi connectivity index (χ0v) is 12.7. The minimum atomic E-state index is -5.34. The van der Waals surface area contributed by atoms with Crippen molar-refractivity contribution in [3.05, 3.63) is 0 Å². The van der Waals surface area contributed by atoms with Gasteiger partial charge in [0.1, 0.15) is 6.04 Å². The molecule has 0 aromatic heterocycles. The Kier molecular flexibility index (Phi) is 10.6. The van der Waals surface area contributed by atoms with Crippen molar-refractivity contribution in [2.45, 2.75) is 38.2 Å². The first kappa shape index (κ1) is 22.4. The van der Waals surface area contributed by atoms with E-state index in [1.54, 1.807) is 13.8 Å². The number of hydrogen-bond donors (Lipinski definition) is 4. The van der Waals surface area contributed by atoms with E-state index in [4.69, 9.17) is 10.8 Å². The highest BCUT2D eigenvalue weighted by Crippen LogP contribution is 2.18. The van der Waals surface area contributed by atoms with Gasteiger partial charge in [-0.15, -0.1) is 0 Å². The predicted molar refractivity (Wildman–Crippen MR) is 71.7 cm³/mol. The molecule has 0 aliphatic carbocycles. The van der Waals surface area contributed by atoms with Gasteiger partial charge in [0.05, 0.1) is 0 Å². The zero-order chi connectivity index (χ0) is 17.3. The Morgan fingerprint density at radius 3 is 1.62 bits per heavy atom. The van der Waals surface area contributed by atoms with Crippen molar-refractivity contribution in [3.63, 3.8) is 0 Å². The lowest BCUT2D eigenvalue weighted by Gasteiger charge is -2.07. The molecule has 11 heteroatoms. The van der Waals surface area contributed by atoms with Gasteiger partial charge in [-0.3, -0.25) is 4.79 Å². The van der Waals surface area contributed by atoms with Crippen LogP contribution in [0.5, 0.6) is 0 Å². The van der Waals surface area contributed by atoms with Crippen LogP contribution >= 0.6 is 0 Å². The predicted octanol–water partition coefficient (Wildman–Crippen LogP) is 0.219. The summed E-state index contributed by atoms with van der Waals surface area (Å²) in [6, 6.07) is -0.713. The second-order valence-corrected chi connectivity index (χ2v) is 6.11. The van der Waals surface area contributed by atoms with Crippen LogP contribution in [0.2, 0.25) is 0 Å². The molecule has 1 aliphatic rings. The number of carboxylic acids is 1. The van der Waals surface area contributed by atoms with E-state index in [2.05, 4.69) is 10.5 Å². The first-order chi connectivity index (χ1) is 9.30. The Labute approximate surface area is 121 Å². The fraction of sp³-hybridized carbons (Fsp3) is 0.900. The number of nitrogens with two attached hydrogens (primary N) is 2. The second kappa shape index (κ2) is 9.92. The number of carbonyl (C=O) groups is 1. The number of rotatable bonds is 2. The van der Waals surface area contributed by atoms with E-state index in [0.717, 1.165) is 0 Å². The van der Waals surface area contributed by atoms with Crippen molar-refractivity contribution >= 4 is 16.0 Å². The molecule has 6 N–H and O–H groups in total. The van der Waals surface area contributed by atoms with Crippen LogP contribution in [0, 0.1) is 5.92 Å². The van der Waals surface area contributed by atoms with Crippen LogP contribution in [-0.4, -0.2) is 44.1 Å². The highest BCUT2D eigenvalue weighted by atomic mass is 32.2. The largest absolute Gasteiger partial charge is 0.511 e. The van der Waals surface area contributed by atoms with Gasteiger partial charge in [-0.1, -0.05) is 13.8 Å². The lowest BCUT2D eigenvalue weighted by molar-refractivity contribution is -0.139. The monoisotopic (exact) mass is 337 g/mol. The van der Waals surface area contributed by atoms with Crippen LogP contribution < -0.4 is 16.2 Å². The van der Waals surface area contributed by atoms with Crippen molar-refractivity contribution in [1.82, 2.24) is 5.32 Å². The molecule has 0 unspecified atom stereocenters. The molecule has 1 aliphatic heterocycles. The Morgan fingerprint density at radius 1 is 1.24 bits per heavy atom. The van der Waals surface area contributed by atoms with Crippen LogP contribution in [0.15, 0.2) is 0 Å². The molecule has 21 heavy (non-hydrogen) atoms. The Balaban J connectivity index is 0. The molecular weight excluding hydrogens is 315 g/mol. The minimum Gasteiger partial charge on any atom is -0.480 e. The fourth-order valence-electron chi connectivity index (χ4n) is 0.910. The number of primary sulfonamides is 1. The summed E-state index contributed by atoms with van der Waals surface area (Å²) in [5.41, 5.74) is -0.153. The van der Waals surface area contributed by atoms with Crippen LogP contribution in [0.1, 0.15) is 26.7 Å². The molecule has 7 nitrogen and oxygen atoms in total. The van der Waals surface area contributed by atoms with E-state index in [1.165, 1.54) is 25.9 Å². The molecule has 0 aromatic rings. The summed E-state index contributed by atoms with van der Waals surface area (Å²) < 4.78 is 51.2. The topological polar surface area (TPSA) is 136 Å². The van der Waals surface area contributed by atoms with Gasteiger partial charge in [0.2, 0.25) is 0 Å². The third-order valence-corrected chi connectivity index (χ3v) is 2.93. The average molecular weight is 337 g/mol. The number of alkyl halides is 3. The highest BCUT2D eigenvalue weighted by Gasteiger charge is 2.42. The maximum Gasteiger partial charge on any atom is 0.511 e. The molecule has 1 rings (SSSR count). The second-order valence-electron chi connectivity index (χ2n) is 4.56. The van der Waals surface area contributed by atoms with Gasteiger partial charge >= 0.3 is 21.5 Å². The van der Waals surface area contributed by atoms with E-state index in [1.807, 2.05) is 0 Å². The number of hydrogen-bond acceptors (Lipinski definition) is 5. The molecule has 0 bridgehead atoms. The van der Waals surface area contributed by atoms with E-state index in [0.29, 0.717) is 0 Å². The Hall–Kier alpha value is -0.910. The highest BCUT2D eigenvalue weighted by molar-refractivity contribution is 7.90. The maximum absolute atomic E-state index is 10.8. The zero-order valence-electron chi connectivity index (χ0n) is 11.9. The molecule has 1 heterocycles. The third-order valence-electron chi connectivity index (χ3n) is 2.28. The number of aliphatic carboxylic acids is 1. The van der Waals surface area contributed by atoms with Gasteiger partial charge in [-0.05, 0) is 31.8 Å². The van der Waals surface area contributed by atoms with Gasteiger partial charge in [0.25, 0.3) is 0 Å². The summed E-state index contributed by atoms with van der Waals surface area (Å²) >= 11 is 0. The van der Waals surface area contributed by atoms with Gasteiger partial charge in [0, 0.05) is 0 Å². The van der Waals surface area contributed by atoms with E-state index >= 15 is 0 Å².